The molecule has 3 rings (SSSR count). The topological polar surface area (TPSA) is 45.5 Å². The summed E-state index contributed by atoms with van der Waals surface area (Å²) in [7, 11) is 1.85. The zero-order valence-electron chi connectivity index (χ0n) is 14.2. The number of fused-ring (bicyclic) bond motifs is 1. The second-order valence-corrected chi connectivity index (χ2v) is 7.32. The van der Waals surface area contributed by atoms with Crippen molar-refractivity contribution in [1.82, 2.24) is 4.90 Å². The van der Waals surface area contributed by atoms with Gasteiger partial charge in [0, 0.05) is 10.4 Å². The Balaban J connectivity index is 1.69. The van der Waals surface area contributed by atoms with Crippen molar-refractivity contribution in [3.8, 4) is 0 Å². The van der Waals surface area contributed by atoms with E-state index < -0.39 is 0 Å². The maximum Gasteiger partial charge on any atom is 0.238 e. The maximum atomic E-state index is 12.4. The van der Waals surface area contributed by atoms with E-state index in [1.165, 1.54) is 12.1 Å². The van der Waals surface area contributed by atoms with Crippen molar-refractivity contribution in [3.63, 3.8) is 0 Å². The number of rotatable bonds is 5. The van der Waals surface area contributed by atoms with E-state index in [1.54, 1.807) is 0 Å². The number of carbonyl (C=O) groups is 1. The molecule has 0 spiro atoms. The van der Waals surface area contributed by atoms with E-state index in [2.05, 4.69) is 5.32 Å². The van der Waals surface area contributed by atoms with Crippen molar-refractivity contribution in [3.05, 3.63) is 63.3 Å². The number of nitrogens with zero attached hydrogens (tertiary/aromatic N) is 1. The third-order valence-corrected chi connectivity index (χ3v) is 5.00. The Morgan fingerprint density at radius 2 is 1.81 bits per heavy atom. The number of halogens is 3. The lowest BCUT2D eigenvalue weighted by atomic mass is 10.2. The second-order valence-electron chi connectivity index (χ2n) is 6.07. The summed E-state index contributed by atoms with van der Waals surface area (Å²) in [5, 5.41) is 4.77. The highest BCUT2D eigenvalue weighted by atomic mass is 35.5. The van der Waals surface area contributed by atoms with Crippen LogP contribution in [0.5, 0.6) is 0 Å². The molecule has 7 heteroatoms. The Kier molecular flexibility index (Phi) is 5.78. The first-order chi connectivity index (χ1) is 12.3. The lowest BCUT2D eigenvalue weighted by Gasteiger charge is -2.22. The minimum absolute atomic E-state index is 0.0793. The van der Waals surface area contributed by atoms with Crippen LogP contribution in [0.1, 0.15) is 18.7 Å². The van der Waals surface area contributed by atoms with E-state index in [9.17, 15) is 4.79 Å². The second kappa shape index (κ2) is 7.89. The minimum atomic E-state index is -0.235. The molecule has 1 N–H and O–H groups in total. The standard InChI is InChI=1S/C19H17Cl3N2O2/c1-11(17-7-12-5-3-4-6-16(12)26-17)24(2)10-18(25)23-19-14(21)8-13(20)9-15(19)22/h3-9,11H,10H2,1-2H3,(H,23,25). The van der Waals surface area contributed by atoms with Gasteiger partial charge in [0.2, 0.25) is 5.91 Å². The molecule has 0 aliphatic carbocycles. The van der Waals surface area contributed by atoms with Crippen molar-refractivity contribution in [2.75, 3.05) is 18.9 Å². The molecular weight excluding hydrogens is 395 g/mol. The van der Waals surface area contributed by atoms with Gasteiger partial charge >= 0.3 is 0 Å². The fourth-order valence-electron chi connectivity index (χ4n) is 2.63. The molecule has 136 valence electrons. The highest BCUT2D eigenvalue weighted by Crippen LogP contribution is 2.33. The largest absolute Gasteiger partial charge is 0.459 e. The molecule has 4 nitrogen and oxygen atoms in total. The predicted molar refractivity (Wildman–Crippen MR) is 107 cm³/mol. The van der Waals surface area contributed by atoms with Crippen molar-refractivity contribution in [1.29, 1.82) is 0 Å². The summed E-state index contributed by atoms with van der Waals surface area (Å²) < 4.78 is 5.87. The molecule has 0 bridgehead atoms. The van der Waals surface area contributed by atoms with Crippen molar-refractivity contribution in [2.24, 2.45) is 0 Å². The van der Waals surface area contributed by atoms with Crippen LogP contribution in [0.3, 0.4) is 0 Å². The van der Waals surface area contributed by atoms with Crippen LogP contribution in [-0.2, 0) is 4.79 Å². The zero-order valence-corrected chi connectivity index (χ0v) is 16.5. The van der Waals surface area contributed by atoms with Crippen LogP contribution < -0.4 is 5.32 Å². The minimum Gasteiger partial charge on any atom is -0.459 e. The van der Waals surface area contributed by atoms with Gasteiger partial charge in [0.15, 0.2) is 0 Å². The van der Waals surface area contributed by atoms with Crippen LogP contribution in [0.15, 0.2) is 46.9 Å². The molecule has 2 aromatic carbocycles. The molecule has 26 heavy (non-hydrogen) atoms. The van der Waals surface area contributed by atoms with E-state index in [4.69, 9.17) is 39.2 Å². The Bertz CT molecular complexity index is 899. The first kappa shape index (κ1) is 19.1. The number of carbonyl (C=O) groups excluding carboxylic acids is 1. The SMILES string of the molecule is CC(c1cc2ccccc2o1)N(C)CC(=O)Nc1c(Cl)cc(Cl)cc1Cl. The summed E-state index contributed by atoms with van der Waals surface area (Å²) in [4.78, 5) is 14.3. The van der Waals surface area contributed by atoms with E-state index in [-0.39, 0.29) is 18.5 Å². The smallest absolute Gasteiger partial charge is 0.238 e. The average Bonchev–Trinajstić information content (AvgIpc) is 3.01. The molecule has 0 aliphatic heterocycles. The van der Waals surface area contributed by atoms with Crippen LogP contribution >= 0.6 is 34.8 Å². The van der Waals surface area contributed by atoms with E-state index in [1.807, 2.05) is 49.2 Å². The van der Waals surface area contributed by atoms with Crippen LogP contribution in [0.4, 0.5) is 5.69 Å². The fourth-order valence-corrected chi connectivity index (χ4v) is 3.54. The molecular formula is C19H17Cl3N2O2. The average molecular weight is 412 g/mol. The zero-order chi connectivity index (χ0) is 18.8. The van der Waals surface area contributed by atoms with E-state index in [0.717, 1.165) is 16.7 Å². The van der Waals surface area contributed by atoms with E-state index in [0.29, 0.717) is 20.8 Å². The Labute approximate surface area is 166 Å². The Morgan fingerprint density at radius 3 is 2.46 bits per heavy atom. The molecule has 1 amide bonds. The molecule has 1 heterocycles. The molecule has 0 radical (unpaired) electrons. The molecule has 1 aromatic heterocycles. The first-order valence-corrected chi connectivity index (χ1v) is 9.11. The molecule has 3 aromatic rings. The Morgan fingerprint density at radius 1 is 1.15 bits per heavy atom. The molecule has 1 unspecified atom stereocenters. The van der Waals surface area contributed by atoms with Gasteiger partial charge in [-0.2, -0.15) is 0 Å². The van der Waals surface area contributed by atoms with Gasteiger partial charge in [0.1, 0.15) is 11.3 Å². The monoisotopic (exact) mass is 410 g/mol. The number of likely N-dealkylation sites (N-methyl/N-ethyl adjacent to an activating group) is 1. The van der Waals surface area contributed by atoms with Gasteiger partial charge in [-0.15, -0.1) is 0 Å². The number of hydrogen-bond acceptors (Lipinski definition) is 3. The van der Waals surface area contributed by atoms with Gasteiger partial charge in [-0.3, -0.25) is 9.69 Å². The number of amides is 1. The van der Waals surface area contributed by atoms with Crippen molar-refractivity contribution in [2.45, 2.75) is 13.0 Å². The fraction of sp³-hybridized carbons (Fsp3) is 0.211. The summed E-state index contributed by atoms with van der Waals surface area (Å²) in [5.74, 6) is 0.561. The summed E-state index contributed by atoms with van der Waals surface area (Å²) in [6.07, 6.45) is 0. The lowest BCUT2D eigenvalue weighted by molar-refractivity contribution is -0.117. The van der Waals surface area contributed by atoms with Gasteiger partial charge in [0.25, 0.3) is 0 Å². The van der Waals surface area contributed by atoms with Crippen LogP contribution in [-0.4, -0.2) is 24.4 Å². The van der Waals surface area contributed by atoms with Crippen molar-refractivity contribution < 1.29 is 9.21 Å². The number of benzene rings is 2. The summed E-state index contributed by atoms with van der Waals surface area (Å²) in [6, 6.07) is 12.8. The quantitative estimate of drug-likeness (QED) is 0.558. The lowest BCUT2D eigenvalue weighted by Crippen LogP contribution is -2.32. The molecule has 0 saturated heterocycles. The Hall–Kier alpha value is -1.72. The van der Waals surface area contributed by atoms with Crippen LogP contribution in [0, 0.1) is 0 Å². The van der Waals surface area contributed by atoms with Crippen molar-refractivity contribution >= 4 is 57.4 Å². The predicted octanol–water partition coefficient (Wildman–Crippen LogP) is 6.02. The number of furan rings is 1. The molecule has 0 aliphatic rings. The highest BCUT2D eigenvalue weighted by molar-refractivity contribution is 6.42. The van der Waals surface area contributed by atoms with Crippen LogP contribution in [0.2, 0.25) is 15.1 Å². The van der Waals surface area contributed by atoms with Gasteiger partial charge in [-0.25, -0.2) is 0 Å². The van der Waals surface area contributed by atoms with Gasteiger partial charge in [-0.05, 0) is 38.2 Å². The molecule has 1 atom stereocenters. The third-order valence-electron chi connectivity index (χ3n) is 4.18. The number of nitrogens with one attached hydrogen (secondary N) is 1. The number of para-hydroxylation sites is 1. The molecule has 0 saturated carbocycles. The highest BCUT2D eigenvalue weighted by Gasteiger charge is 2.19. The third kappa shape index (κ3) is 4.15. The summed E-state index contributed by atoms with van der Waals surface area (Å²) in [6.45, 7) is 2.13. The summed E-state index contributed by atoms with van der Waals surface area (Å²) in [5.41, 5.74) is 1.18. The van der Waals surface area contributed by atoms with Crippen LogP contribution in [0.25, 0.3) is 11.0 Å². The van der Waals surface area contributed by atoms with E-state index >= 15 is 0 Å². The first-order valence-electron chi connectivity index (χ1n) is 7.98. The maximum absolute atomic E-state index is 12.4. The number of hydrogen-bond donors (Lipinski definition) is 1. The normalized spacial score (nSPS) is 12.5. The van der Waals surface area contributed by atoms with Gasteiger partial charge in [0.05, 0.1) is 28.3 Å². The number of anilines is 1. The molecule has 0 fully saturated rings. The summed E-state index contributed by atoms with van der Waals surface area (Å²) >= 11 is 18.1. The van der Waals surface area contributed by atoms with Gasteiger partial charge < -0.3 is 9.73 Å². The van der Waals surface area contributed by atoms with Gasteiger partial charge in [-0.1, -0.05) is 53.0 Å².